The first-order chi connectivity index (χ1) is 8.24. The lowest BCUT2D eigenvalue weighted by Gasteiger charge is -2.10. The monoisotopic (exact) mass is 235 g/mol. The van der Waals surface area contributed by atoms with E-state index in [0.29, 0.717) is 18.5 Å². The summed E-state index contributed by atoms with van der Waals surface area (Å²) in [4.78, 5) is 8.55. The van der Waals surface area contributed by atoms with Crippen LogP contribution in [-0.4, -0.2) is 31.1 Å². The Hall–Kier alpha value is -1.98. The Labute approximate surface area is 100 Å². The third kappa shape index (κ3) is 3.51. The Morgan fingerprint density at radius 1 is 1.65 bits per heavy atom. The maximum atomic E-state index is 5.66. The Kier molecular flexibility index (Phi) is 3.64. The van der Waals surface area contributed by atoms with Gasteiger partial charge in [0.05, 0.1) is 25.1 Å². The smallest absolute Gasteiger partial charge is 0.198 e. The summed E-state index contributed by atoms with van der Waals surface area (Å²) >= 11 is 0. The minimum atomic E-state index is 0.139. The van der Waals surface area contributed by atoms with Gasteiger partial charge in [0.1, 0.15) is 0 Å². The van der Waals surface area contributed by atoms with Gasteiger partial charge in [0.2, 0.25) is 0 Å². The predicted molar refractivity (Wildman–Crippen MR) is 66.9 cm³/mol. The molecule has 1 aliphatic heterocycles. The molecule has 0 amide bonds. The standard InChI is InChI=1S/C11H17N5O/c1-8-6-14-10(12)16-11(15-8)13-4-2-9-3-5-17-7-9/h3,5,7-8H,2,4,6H2,1H3,(H4,12,13,14,15,16). The van der Waals surface area contributed by atoms with Gasteiger partial charge in [0.15, 0.2) is 11.9 Å². The quantitative estimate of drug-likeness (QED) is 0.692. The first-order valence-electron chi connectivity index (χ1n) is 5.64. The van der Waals surface area contributed by atoms with E-state index in [1.807, 2.05) is 13.0 Å². The average molecular weight is 235 g/mol. The number of furan rings is 1. The molecule has 1 unspecified atom stereocenters. The maximum Gasteiger partial charge on any atom is 0.198 e. The molecule has 0 radical (unpaired) electrons. The molecule has 0 fully saturated rings. The topological polar surface area (TPSA) is 87.9 Å². The van der Waals surface area contributed by atoms with Crippen LogP contribution in [0, 0.1) is 0 Å². The summed E-state index contributed by atoms with van der Waals surface area (Å²) in [6, 6.07) is 2.09. The minimum Gasteiger partial charge on any atom is -0.472 e. The van der Waals surface area contributed by atoms with E-state index in [1.165, 1.54) is 0 Å². The fourth-order valence-electron chi connectivity index (χ4n) is 1.53. The summed E-state index contributed by atoms with van der Waals surface area (Å²) in [6.45, 7) is 3.39. The van der Waals surface area contributed by atoms with E-state index in [2.05, 4.69) is 20.6 Å². The summed E-state index contributed by atoms with van der Waals surface area (Å²) < 4.78 is 5.00. The van der Waals surface area contributed by atoms with Crippen LogP contribution in [0.2, 0.25) is 0 Å². The number of nitrogens with two attached hydrogens (primary N) is 1. The largest absolute Gasteiger partial charge is 0.472 e. The Morgan fingerprint density at radius 3 is 3.29 bits per heavy atom. The summed E-state index contributed by atoms with van der Waals surface area (Å²) in [5, 5.41) is 6.13. The molecule has 0 aromatic carbocycles. The molecule has 4 N–H and O–H groups in total. The van der Waals surface area contributed by atoms with Gasteiger partial charge in [-0.2, -0.15) is 0 Å². The molecule has 1 aromatic rings. The van der Waals surface area contributed by atoms with E-state index in [-0.39, 0.29) is 6.04 Å². The van der Waals surface area contributed by atoms with E-state index in [1.54, 1.807) is 12.5 Å². The highest BCUT2D eigenvalue weighted by Crippen LogP contribution is 1.99. The Balaban J connectivity index is 1.83. The molecule has 0 saturated heterocycles. The molecule has 6 nitrogen and oxygen atoms in total. The zero-order chi connectivity index (χ0) is 12.1. The van der Waals surface area contributed by atoms with Crippen molar-refractivity contribution in [2.45, 2.75) is 19.4 Å². The lowest BCUT2D eigenvalue weighted by Crippen LogP contribution is -2.44. The van der Waals surface area contributed by atoms with Crippen LogP contribution in [0.15, 0.2) is 33.0 Å². The molecular formula is C11H17N5O. The number of guanidine groups is 2. The SMILES string of the molecule is CC1CN=C(N)NC(NCCc2ccoc2)=N1. The van der Waals surface area contributed by atoms with Crippen LogP contribution in [0.25, 0.3) is 0 Å². The number of hydrogen-bond donors (Lipinski definition) is 3. The molecule has 0 aliphatic carbocycles. The van der Waals surface area contributed by atoms with Crippen molar-refractivity contribution in [3.63, 3.8) is 0 Å². The fourth-order valence-corrected chi connectivity index (χ4v) is 1.53. The van der Waals surface area contributed by atoms with Crippen molar-refractivity contribution in [1.82, 2.24) is 10.6 Å². The van der Waals surface area contributed by atoms with Gasteiger partial charge in [-0.3, -0.25) is 10.3 Å². The number of nitrogens with zero attached hydrogens (tertiary/aromatic N) is 2. The molecule has 6 heteroatoms. The second-order valence-electron chi connectivity index (χ2n) is 3.99. The van der Waals surface area contributed by atoms with Crippen LogP contribution in [0.4, 0.5) is 0 Å². The molecule has 17 heavy (non-hydrogen) atoms. The van der Waals surface area contributed by atoms with Crippen LogP contribution < -0.4 is 16.4 Å². The van der Waals surface area contributed by atoms with Gasteiger partial charge in [-0.15, -0.1) is 0 Å². The van der Waals surface area contributed by atoms with E-state index in [0.717, 1.165) is 18.5 Å². The van der Waals surface area contributed by atoms with Crippen molar-refractivity contribution >= 4 is 11.9 Å². The lowest BCUT2D eigenvalue weighted by atomic mass is 10.2. The highest BCUT2D eigenvalue weighted by atomic mass is 16.3. The van der Waals surface area contributed by atoms with Crippen molar-refractivity contribution < 1.29 is 4.42 Å². The normalized spacial score (nSPS) is 19.9. The van der Waals surface area contributed by atoms with Crippen molar-refractivity contribution in [2.24, 2.45) is 15.7 Å². The molecular weight excluding hydrogens is 218 g/mol. The molecule has 2 rings (SSSR count). The van der Waals surface area contributed by atoms with Crippen LogP contribution in [-0.2, 0) is 6.42 Å². The van der Waals surface area contributed by atoms with Crippen molar-refractivity contribution in [3.8, 4) is 0 Å². The second kappa shape index (κ2) is 5.38. The van der Waals surface area contributed by atoms with E-state index in [9.17, 15) is 0 Å². The fraction of sp³-hybridized carbons (Fsp3) is 0.455. The maximum absolute atomic E-state index is 5.66. The Morgan fingerprint density at radius 2 is 2.53 bits per heavy atom. The molecule has 0 saturated carbocycles. The highest BCUT2D eigenvalue weighted by molar-refractivity contribution is 5.98. The van der Waals surface area contributed by atoms with Gasteiger partial charge in [-0.1, -0.05) is 0 Å². The first kappa shape index (κ1) is 11.5. The zero-order valence-corrected chi connectivity index (χ0v) is 9.81. The first-order valence-corrected chi connectivity index (χ1v) is 5.64. The van der Waals surface area contributed by atoms with Crippen LogP contribution >= 0.6 is 0 Å². The van der Waals surface area contributed by atoms with Gasteiger partial charge in [0.25, 0.3) is 0 Å². The Bertz CT molecular complexity index is 410. The number of rotatable bonds is 3. The lowest BCUT2D eigenvalue weighted by molar-refractivity contribution is 0.563. The summed E-state index contributed by atoms with van der Waals surface area (Å²) in [6.07, 6.45) is 4.29. The third-order valence-corrected chi connectivity index (χ3v) is 2.41. The molecule has 0 spiro atoms. The van der Waals surface area contributed by atoms with Crippen LogP contribution in [0.3, 0.4) is 0 Å². The number of hydrogen-bond acceptors (Lipinski definition) is 6. The van der Waals surface area contributed by atoms with Crippen LogP contribution in [0.1, 0.15) is 12.5 Å². The molecule has 0 bridgehead atoms. The van der Waals surface area contributed by atoms with E-state index >= 15 is 0 Å². The summed E-state index contributed by atoms with van der Waals surface area (Å²) in [7, 11) is 0. The van der Waals surface area contributed by atoms with Gasteiger partial charge in [-0.25, -0.2) is 4.99 Å². The molecule has 92 valence electrons. The molecule has 1 aromatic heterocycles. The van der Waals surface area contributed by atoms with Crippen molar-refractivity contribution in [1.29, 1.82) is 0 Å². The van der Waals surface area contributed by atoms with Crippen molar-refractivity contribution in [3.05, 3.63) is 24.2 Å². The van der Waals surface area contributed by atoms with Gasteiger partial charge in [0, 0.05) is 6.54 Å². The van der Waals surface area contributed by atoms with Crippen LogP contribution in [0.5, 0.6) is 0 Å². The average Bonchev–Trinajstić information content (AvgIpc) is 2.73. The summed E-state index contributed by atoms with van der Waals surface area (Å²) in [5.74, 6) is 1.09. The number of nitrogens with one attached hydrogen (secondary N) is 2. The predicted octanol–water partition coefficient (Wildman–Crippen LogP) is 0.0741. The highest BCUT2D eigenvalue weighted by Gasteiger charge is 2.08. The van der Waals surface area contributed by atoms with E-state index in [4.69, 9.17) is 10.2 Å². The molecule has 2 heterocycles. The second-order valence-corrected chi connectivity index (χ2v) is 3.99. The number of aliphatic imine (C=N–C) groups is 2. The molecule has 1 atom stereocenters. The van der Waals surface area contributed by atoms with Gasteiger partial charge in [-0.05, 0) is 25.0 Å². The van der Waals surface area contributed by atoms with E-state index < -0.39 is 0 Å². The van der Waals surface area contributed by atoms with Gasteiger partial charge < -0.3 is 15.5 Å². The third-order valence-electron chi connectivity index (χ3n) is 2.41. The minimum absolute atomic E-state index is 0.139. The molecule has 1 aliphatic rings. The van der Waals surface area contributed by atoms with Gasteiger partial charge >= 0.3 is 0 Å². The summed E-state index contributed by atoms with van der Waals surface area (Å²) in [5.41, 5.74) is 6.81. The van der Waals surface area contributed by atoms with Crippen molar-refractivity contribution in [2.75, 3.05) is 13.1 Å². The zero-order valence-electron chi connectivity index (χ0n) is 9.81.